The number of benzene rings is 1. The van der Waals surface area contributed by atoms with E-state index in [1.165, 1.54) is 31.7 Å². The van der Waals surface area contributed by atoms with Crippen LogP contribution in [0, 0.1) is 5.41 Å². The summed E-state index contributed by atoms with van der Waals surface area (Å²) in [7, 11) is -1.94. The quantitative estimate of drug-likeness (QED) is 0.340. The third kappa shape index (κ3) is 5.59. The van der Waals surface area contributed by atoms with Crippen LogP contribution in [0.1, 0.15) is 38.2 Å². The number of hydrogen-bond acceptors (Lipinski definition) is 3. The number of nitrogens with one attached hydrogen (secondary N) is 2. The number of aliphatic imine (C=N–C) groups is 1. The molecule has 0 saturated heterocycles. The van der Waals surface area contributed by atoms with Gasteiger partial charge in [-0.05, 0) is 42.4 Å². The van der Waals surface area contributed by atoms with Crippen LogP contribution in [0.3, 0.4) is 0 Å². The lowest BCUT2D eigenvalue weighted by Gasteiger charge is -2.41. The lowest BCUT2D eigenvalue weighted by atomic mass is 9.67. The Labute approximate surface area is 161 Å². The third-order valence-electron chi connectivity index (χ3n) is 4.71. The first-order valence-electron chi connectivity index (χ1n) is 7.95. The number of nitrogens with two attached hydrogens (primary N) is 1. The lowest BCUT2D eigenvalue weighted by molar-refractivity contribution is 0.131. The van der Waals surface area contributed by atoms with Crippen molar-refractivity contribution in [2.24, 2.45) is 15.5 Å². The maximum Gasteiger partial charge on any atom is 0.238 e. The maximum atomic E-state index is 11.4. The van der Waals surface area contributed by atoms with Crippen molar-refractivity contribution >= 4 is 40.0 Å². The van der Waals surface area contributed by atoms with Crippen molar-refractivity contribution in [2.45, 2.75) is 44.0 Å². The highest BCUT2D eigenvalue weighted by Gasteiger charge is 2.34. The minimum atomic E-state index is -3.67. The Kier molecular flexibility index (Phi) is 7.94. The van der Waals surface area contributed by atoms with E-state index < -0.39 is 10.0 Å². The molecule has 0 bridgehead atoms. The molecule has 136 valence electrons. The lowest BCUT2D eigenvalue weighted by Crippen LogP contribution is -2.46. The summed E-state index contributed by atoms with van der Waals surface area (Å²) in [6.45, 7) is 3.64. The van der Waals surface area contributed by atoms with Crippen LogP contribution in [0.5, 0.6) is 0 Å². The highest BCUT2D eigenvalue weighted by atomic mass is 127. The number of sulfonamides is 1. The second-order valence-electron chi connectivity index (χ2n) is 6.18. The Hall–Kier alpha value is -0.870. The zero-order valence-electron chi connectivity index (χ0n) is 14.2. The van der Waals surface area contributed by atoms with Gasteiger partial charge in [0.1, 0.15) is 0 Å². The number of nitrogens with zero attached hydrogens (tertiary/aromatic N) is 1. The average molecular weight is 466 g/mol. The van der Waals surface area contributed by atoms with Crippen LogP contribution in [-0.2, 0) is 16.6 Å². The van der Waals surface area contributed by atoms with E-state index in [1.807, 2.05) is 6.07 Å². The molecule has 0 spiro atoms. The second-order valence-corrected chi connectivity index (χ2v) is 7.74. The van der Waals surface area contributed by atoms with Gasteiger partial charge in [-0.25, -0.2) is 13.6 Å². The van der Waals surface area contributed by atoms with Gasteiger partial charge in [0.15, 0.2) is 5.96 Å². The first-order valence-corrected chi connectivity index (χ1v) is 9.49. The Morgan fingerprint density at radius 2 is 2.04 bits per heavy atom. The Balaban J connectivity index is 0.00000288. The van der Waals surface area contributed by atoms with Gasteiger partial charge in [0.05, 0.1) is 4.90 Å². The van der Waals surface area contributed by atoms with Gasteiger partial charge in [-0.15, -0.1) is 24.0 Å². The number of guanidine groups is 1. The summed E-state index contributed by atoms with van der Waals surface area (Å²) < 4.78 is 22.8. The van der Waals surface area contributed by atoms with E-state index in [0.717, 1.165) is 18.1 Å². The van der Waals surface area contributed by atoms with Gasteiger partial charge in [0.25, 0.3) is 0 Å². The number of rotatable bonds is 6. The van der Waals surface area contributed by atoms with Crippen LogP contribution in [0.25, 0.3) is 0 Å². The van der Waals surface area contributed by atoms with Gasteiger partial charge in [0.2, 0.25) is 10.0 Å². The number of hydrogen-bond donors (Lipinski definition) is 3. The van der Waals surface area contributed by atoms with E-state index in [2.05, 4.69) is 22.5 Å². The van der Waals surface area contributed by atoms with Gasteiger partial charge in [-0.2, -0.15) is 0 Å². The van der Waals surface area contributed by atoms with Crippen LogP contribution < -0.4 is 15.8 Å². The molecule has 0 amide bonds. The number of primary sulfonamides is 1. The average Bonchev–Trinajstić information content (AvgIpc) is 2.49. The molecular weight excluding hydrogens is 439 g/mol. The zero-order chi connectivity index (χ0) is 16.9. The van der Waals surface area contributed by atoms with Crippen LogP contribution in [0.2, 0.25) is 0 Å². The molecule has 1 fully saturated rings. The molecule has 1 aromatic carbocycles. The van der Waals surface area contributed by atoms with E-state index in [4.69, 9.17) is 5.14 Å². The van der Waals surface area contributed by atoms with Gasteiger partial charge in [-0.1, -0.05) is 25.5 Å². The van der Waals surface area contributed by atoms with Crippen molar-refractivity contribution in [1.82, 2.24) is 10.6 Å². The van der Waals surface area contributed by atoms with Gasteiger partial charge < -0.3 is 10.6 Å². The molecule has 0 radical (unpaired) electrons. The molecule has 0 aliphatic heterocycles. The number of halogens is 1. The monoisotopic (exact) mass is 466 g/mol. The molecule has 1 saturated carbocycles. The standard InChI is InChI=1S/C16H26N4O2S.HI/c1-3-16(8-5-9-16)12-20-15(18-2)19-11-13-6-4-7-14(10-13)23(17,21)22;/h4,6-7,10H,3,5,8-9,11-12H2,1-2H3,(H2,17,21,22)(H2,18,19,20);1H. The highest BCUT2D eigenvalue weighted by molar-refractivity contribution is 14.0. The molecule has 1 aromatic rings. The van der Waals surface area contributed by atoms with Crippen LogP contribution >= 0.6 is 24.0 Å². The van der Waals surface area contributed by atoms with Crippen LogP contribution in [-0.4, -0.2) is 28.0 Å². The fourth-order valence-electron chi connectivity index (χ4n) is 2.84. The van der Waals surface area contributed by atoms with E-state index in [9.17, 15) is 8.42 Å². The van der Waals surface area contributed by atoms with Crippen molar-refractivity contribution in [3.8, 4) is 0 Å². The summed E-state index contributed by atoms with van der Waals surface area (Å²) in [6, 6.07) is 6.62. The van der Waals surface area contributed by atoms with Crippen molar-refractivity contribution in [3.63, 3.8) is 0 Å². The molecule has 1 aliphatic carbocycles. The van der Waals surface area contributed by atoms with E-state index >= 15 is 0 Å². The zero-order valence-corrected chi connectivity index (χ0v) is 17.4. The van der Waals surface area contributed by atoms with E-state index in [-0.39, 0.29) is 28.9 Å². The van der Waals surface area contributed by atoms with Crippen molar-refractivity contribution in [2.75, 3.05) is 13.6 Å². The molecule has 1 aliphatic rings. The maximum absolute atomic E-state index is 11.4. The predicted molar refractivity (Wildman–Crippen MR) is 108 cm³/mol. The van der Waals surface area contributed by atoms with E-state index in [0.29, 0.717) is 12.0 Å². The van der Waals surface area contributed by atoms with Crippen LogP contribution in [0.4, 0.5) is 0 Å². The molecule has 0 unspecified atom stereocenters. The van der Waals surface area contributed by atoms with Crippen LogP contribution in [0.15, 0.2) is 34.2 Å². The first-order chi connectivity index (χ1) is 10.9. The summed E-state index contributed by atoms with van der Waals surface area (Å²) in [5.41, 5.74) is 1.25. The smallest absolute Gasteiger partial charge is 0.238 e. The van der Waals surface area contributed by atoms with E-state index in [1.54, 1.807) is 19.2 Å². The molecule has 0 heterocycles. The molecule has 0 atom stereocenters. The molecule has 24 heavy (non-hydrogen) atoms. The second kappa shape index (κ2) is 9.00. The Morgan fingerprint density at radius 1 is 1.33 bits per heavy atom. The third-order valence-corrected chi connectivity index (χ3v) is 5.62. The fourth-order valence-corrected chi connectivity index (χ4v) is 3.43. The molecule has 0 aromatic heterocycles. The van der Waals surface area contributed by atoms with Gasteiger partial charge in [-0.3, -0.25) is 4.99 Å². The normalized spacial score (nSPS) is 16.7. The van der Waals surface area contributed by atoms with Crippen molar-refractivity contribution < 1.29 is 8.42 Å². The molecule has 6 nitrogen and oxygen atoms in total. The largest absolute Gasteiger partial charge is 0.356 e. The molecule has 8 heteroatoms. The predicted octanol–water partition coefficient (Wildman–Crippen LogP) is 2.20. The minimum absolute atomic E-state index is 0. The summed E-state index contributed by atoms with van der Waals surface area (Å²) in [5.74, 6) is 0.728. The minimum Gasteiger partial charge on any atom is -0.356 e. The van der Waals surface area contributed by atoms with Gasteiger partial charge >= 0.3 is 0 Å². The molecule has 2 rings (SSSR count). The highest BCUT2D eigenvalue weighted by Crippen LogP contribution is 2.42. The molecular formula is C16H27IN4O2S. The summed E-state index contributed by atoms with van der Waals surface area (Å²) >= 11 is 0. The first kappa shape index (κ1) is 21.2. The fraction of sp³-hybridized carbons (Fsp3) is 0.562. The van der Waals surface area contributed by atoms with Gasteiger partial charge in [0, 0.05) is 20.1 Å². The Bertz CT molecular complexity index is 667. The topological polar surface area (TPSA) is 96.6 Å². The van der Waals surface area contributed by atoms with Crippen molar-refractivity contribution in [1.29, 1.82) is 0 Å². The SMILES string of the molecule is CCC1(CNC(=NC)NCc2cccc(S(N)(=O)=O)c2)CCC1.I. The summed E-state index contributed by atoms with van der Waals surface area (Å²) in [5, 5.41) is 11.7. The molecule has 4 N–H and O–H groups in total. The van der Waals surface area contributed by atoms with Crippen molar-refractivity contribution in [3.05, 3.63) is 29.8 Å². The Morgan fingerprint density at radius 3 is 2.54 bits per heavy atom. The summed E-state index contributed by atoms with van der Waals surface area (Å²) in [4.78, 5) is 4.35. The summed E-state index contributed by atoms with van der Waals surface area (Å²) in [6.07, 6.45) is 5.02.